The lowest BCUT2D eigenvalue weighted by atomic mass is 10.2. The summed E-state index contributed by atoms with van der Waals surface area (Å²) in [4.78, 5) is 0.123. The van der Waals surface area contributed by atoms with Gasteiger partial charge in [0.25, 0.3) is 0 Å². The summed E-state index contributed by atoms with van der Waals surface area (Å²) in [6.07, 6.45) is 1.86. The van der Waals surface area contributed by atoms with E-state index < -0.39 is 10.0 Å². The van der Waals surface area contributed by atoms with Gasteiger partial charge in [-0.05, 0) is 25.0 Å². The summed E-state index contributed by atoms with van der Waals surface area (Å²) < 4.78 is 31.8. The first kappa shape index (κ1) is 12.3. The van der Waals surface area contributed by atoms with E-state index in [0.29, 0.717) is 13.2 Å². The van der Waals surface area contributed by atoms with Gasteiger partial charge in [-0.15, -0.1) is 0 Å². The highest BCUT2D eigenvalue weighted by Gasteiger charge is 2.21. The third-order valence-corrected chi connectivity index (χ3v) is 4.23. The number of sulfonamides is 1. The Labute approximate surface area is 101 Å². The van der Waals surface area contributed by atoms with E-state index in [1.54, 1.807) is 18.2 Å². The fraction of sp³-hybridized carbons (Fsp3) is 0.455. The van der Waals surface area contributed by atoms with Gasteiger partial charge in [0.15, 0.2) is 0 Å². The van der Waals surface area contributed by atoms with E-state index in [1.165, 1.54) is 6.07 Å². The fourth-order valence-electron chi connectivity index (χ4n) is 1.81. The van der Waals surface area contributed by atoms with Crippen molar-refractivity contribution in [1.82, 2.24) is 4.72 Å². The molecule has 17 heavy (non-hydrogen) atoms. The van der Waals surface area contributed by atoms with Gasteiger partial charge in [-0.25, -0.2) is 13.1 Å². The van der Waals surface area contributed by atoms with Crippen LogP contribution in [0.4, 0.5) is 5.69 Å². The summed E-state index contributed by atoms with van der Waals surface area (Å²) in [5.74, 6) is 0. The minimum Gasteiger partial charge on any atom is -0.398 e. The van der Waals surface area contributed by atoms with Crippen LogP contribution < -0.4 is 10.5 Å². The topological polar surface area (TPSA) is 81.4 Å². The molecule has 5 nitrogen and oxygen atoms in total. The number of rotatable bonds is 4. The number of nitrogens with one attached hydrogen (secondary N) is 1. The Hall–Kier alpha value is -1.11. The van der Waals surface area contributed by atoms with Gasteiger partial charge in [-0.2, -0.15) is 0 Å². The minimum atomic E-state index is -3.53. The zero-order chi connectivity index (χ0) is 12.3. The Balaban J connectivity index is 2.06. The Morgan fingerprint density at radius 1 is 1.41 bits per heavy atom. The normalized spacial score (nSPS) is 20.6. The van der Waals surface area contributed by atoms with Gasteiger partial charge in [0.05, 0.1) is 11.8 Å². The lowest BCUT2D eigenvalue weighted by Crippen LogP contribution is -2.32. The van der Waals surface area contributed by atoms with E-state index in [4.69, 9.17) is 10.5 Å². The Morgan fingerprint density at radius 2 is 2.18 bits per heavy atom. The van der Waals surface area contributed by atoms with E-state index >= 15 is 0 Å². The summed E-state index contributed by atoms with van der Waals surface area (Å²) in [5, 5.41) is 0. The Bertz CT molecular complexity index is 481. The number of ether oxygens (including phenoxy) is 1. The molecule has 94 valence electrons. The number of nitrogens with two attached hydrogens (primary N) is 1. The molecule has 0 saturated carbocycles. The van der Waals surface area contributed by atoms with Crippen LogP contribution >= 0.6 is 0 Å². The van der Waals surface area contributed by atoms with Crippen molar-refractivity contribution in [2.24, 2.45) is 0 Å². The van der Waals surface area contributed by atoms with Crippen LogP contribution in [0.25, 0.3) is 0 Å². The van der Waals surface area contributed by atoms with Gasteiger partial charge in [0.2, 0.25) is 10.0 Å². The second kappa shape index (κ2) is 5.03. The average molecular weight is 256 g/mol. The maximum atomic E-state index is 12.0. The molecule has 2 rings (SSSR count). The van der Waals surface area contributed by atoms with Crippen LogP contribution in [0.15, 0.2) is 29.2 Å². The van der Waals surface area contributed by atoms with E-state index in [1.807, 2.05) is 0 Å². The molecule has 1 aromatic rings. The van der Waals surface area contributed by atoms with Gasteiger partial charge < -0.3 is 10.5 Å². The number of benzene rings is 1. The van der Waals surface area contributed by atoms with Crippen LogP contribution in [0, 0.1) is 0 Å². The zero-order valence-electron chi connectivity index (χ0n) is 9.43. The maximum absolute atomic E-state index is 12.0. The number of para-hydroxylation sites is 1. The molecule has 1 aliphatic rings. The first-order valence-electron chi connectivity index (χ1n) is 5.55. The van der Waals surface area contributed by atoms with Crippen molar-refractivity contribution in [3.05, 3.63) is 24.3 Å². The SMILES string of the molecule is Nc1ccccc1S(=O)(=O)NCC1CCCO1. The molecule has 3 N–H and O–H groups in total. The van der Waals surface area contributed by atoms with Crippen LogP contribution in [0.3, 0.4) is 0 Å². The molecular formula is C11H16N2O3S. The highest BCUT2D eigenvalue weighted by atomic mass is 32.2. The van der Waals surface area contributed by atoms with Crippen LogP contribution in [-0.4, -0.2) is 27.7 Å². The molecule has 0 aliphatic carbocycles. The highest BCUT2D eigenvalue weighted by molar-refractivity contribution is 7.89. The molecule has 1 heterocycles. The number of hydrogen-bond acceptors (Lipinski definition) is 4. The monoisotopic (exact) mass is 256 g/mol. The van der Waals surface area contributed by atoms with E-state index in [0.717, 1.165) is 12.8 Å². The van der Waals surface area contributed by atoms with Gasteiger partial charge in [-0.1, -0.05) is 12.1 Å². The van der Waals surface area contributed by atoms with Crippen molar-refractivity contribution in [2.45, 2.75) is 23.8 Å². The summed E-state index contributed by atoms with van der Waals surface area (Å²) in [6, 6.07) is 6.42. The van der Waals surface area contributed by atoms with Crippen molar-refractivity contribution in [3.63, 3.8) is 0 Å². The van der Waals surface area contributed by atoms with Crippen molar-refractivity contribution in [1.29, 1.82) is 0 Å². The van der Waals surface area contributed by atoms with Crippen LogP contribution in [-0.2, 0) is 14.8 Å². The molecule has 1 aromatic carbocycles. The van der Waals surface area contributed by atoms with Crippen molar-refractivity contribution < 1.29 is 13.2 Å². The Morgan fingerprint density at radius 3 is 2.82 bits per heavy atom. The predicted molar refractivity (Wildman–Crippen MR) is 65.0 cm³/mol. The summed E-state index contributed by atoms with van der Waals surface area (Å²) >= 11 is 0. The van der Waals surface area contributed by atoms with E-state index in [2.05, 4.69) is 4.72 Å². The molecule has 6 heteroatoms. The molecule has 1 atom stereocenters. The molecule has 0 amide bonds. The molecule has 1 saturated heterocycles. The lowest BCUT2D eigenvalue weighted by Gasteiger charge is -2.12. The van der Waals surface area contributed by atoms with Gasteiger partial charge >= 0.3 is 0 Å². The molecular weight excluding hydrogens is 240 g/mol. The summed E-state index contributed by atoms with van der Waals surface area (Å²) in [5.41, 5.74) is 5.90. The predicted octanol–water partition coefficient (Wildman–Crippen LogP) is 0.726. The largest absolute Gasteiger partial charge is 0.398 e. The number of anilines is 1. The standard InChI is InChI=1S/C11H16N2O3S/c12-10-5-1-2-6-11(10)17(14,15)13-8-9-4-3-7-16-9/h1-2,5-6,9,13H,3-4,7-8,12H2. The molecule has 0 radical (unpaired) electrons. The third kappa shape index (κ3) is 2.96. The Kier molecular flexibility index (Phi) is 3.66. The maximum Gasteiger partial charge on any atom is 0.242 e. The minimum absolute atomic E-state index is 0.0188. The average Bonchev–Trinajstić information content (AvgIpc) is 2.80. The second-order valence-electron chi connectivity index (χ2n) is 4.02. The van der Waals surface area contributed by atoms with Crippen LogP contribution in [0.2, 0.25) is 0 Å². The zero-order valence-corrected chi connectivity index (χ0v) is 10.2. The highest BCUT2D eigenvalue weighted by Crippen LogP contribution is 2.17. The van der Waals surface area contributed by atoms with Crippen molar-refractivity contribution in [2.75, 3.05) is 18.9 Å². The first-order valence-corrected chi connectivity index (χ1v) is 7.04. The molecule has 1 unspecified atom stereocenters. The smallest absolute Gasteiger partial charge is 0.242 e. The summed E-state index contributed by atoms with van der Waals surface area (Å²) in [7, 11) is -3.53. The first-order chi connectivity index (χ1) is 8.09. The lowest BCUT2D eigenvalue weighted by molar-refractivity contribution is 0.114. The quantitative estimate of drug-likeness (QED) is 0.778. The van der Waals surface area contributed by atoms with Gasteiger partial charge in [0.1, 0.15) is 4.90 Å². The fourth-order valence-corrected chi connectivity index (χ4v) is 3.01. The second-order valence-corrected chi connectivity index (χ2v) is 5.76. The van der Waals surface area contributed by atoms with Crippen molar-refractivity contribution in [3.8, 4) is 0 Å². The van der Waals surface area contributed by atoms with E-state index in [9.17, 15) is 8.42 Å². The number of nitrogen functional groups attached to an aromatic ring is 1. The van der Waals surface area contributed by atoms with Gasteiger partial charge in [0, 0.05) is 13.2 Å². The number of hydrogen-bond donors (Lipinski definition) is 2. The molecule has 1 fully saturated rings. The molecule has 0 spiro atoms. The molecule has 0 bridgehead atoms. The van der Waals surface area contributed by atoms with Gasteiger partial charge in [-0.3, -0.25) is 0 Å². The molecule has 1 aliphatic heterocycles. The van der Waals surface area contributed by atoms with E-state index in [-0.39, 0.29) is 16.7 Å². The third-order valence-electron chi connectivity index (χ3n) is 2.73. The van der Waals surface area contributed by atoms with Crippen LogP contribution in [0.1, 0.15) is 12.8 Å². The van der Waals surface area contributed by atoms with Crippen LogP contribution in [0.5, 0.6) is 0 Å². The molecule has 0 aromatic heterocycles. The van der Waals surface area contributed by atoms with Crippen molar-refractivity contribution >= 4 is 15.7 Å². The summed E-state index contributed by atoms with van der Waals surface area (Å²) in [6.45, 7) is 1.01.